The summed E-state index contributed by atoms with van der Waals surface area (Å²) in [4.78, 5) is 0. The maximum absolute atomic E-state index is 9.46. The van der Waals surface area contributed by atoms with Gasteiger partial charge in [-0.25, -0.2) is 0 Å². The van der Waals surface area contributed by atoms with Crippen molar-refractivity contribution >= 4 is 0 Å². The van der Waals surface area contributed by atoms with Crippen molar-refractivity contribution in [3.05, 3.63) is 17.0 Å². The predicted octanol–water partition coefficient (Wildman–Crippen LogP) is 1.47. The van der Waals surface area contributed by atoms with Gasteiger partial charge in [0.1, 0.15) is 0 Å². The number of hydrogen-bond donors (Lipinski definition) is 2. The van der Waals surface area contributed by atoms with E-state index in [1.54, 1.807) is 0 Å². The molecule has 16 heavy (non-hydrogen) atoms. The van der Waals surface area contributed by atoms with Crippen molar-refractivity contribution in [2.24, 2.45) is 5.73 Å². The second-order valence-corrected chi connectivity index (χ2v) is 4.44. The predicted molar refractivity (Wildman–Crippen MR) is 65.4 cm³/mol. The topological polar surface area (TPSA) is 64.1 Å². The van der Waals surface area contributed by atoms with E-state index in [1.807, 2.05) is 25.5 Å². The molecule has 0 aromatic carbocycles. The van der Waals surface area contributed by atoms with Gasteiger partial charge in [-0.1, -0.05) is 13.3 Å². The first kappa shape index (κ1) is 13.2. The van der Waals surface area contributed by atoms with Gasteiger partial charge in [0.05, 0.1) is 18.3 Å². The third-order valence-corrected chi connectivity index (χ3v) is 3.30. The van der Waals surface area contributed by atoms with E-state index in [0.29, 0.717) is 0 Å². The van der Waals surface area contributed by atoms with Crippen LogP contribution in [0, 0.1) is 20.8 Å². The van der Waals surface area contributed by atoms with Crippen molar-refractivity contribution in [3.63, 3.8) is 0 Å². The number of hydrogen-bond acceptors (Lipinski definition) is 3. The summed E-state index contributed by atoms with van der Waals surface area (Å²) in [6.07, 6.45) is 1.93. The first-order valence-corrected chi connectivity index (χ1v) is 5.91. The van der Waals surface area contributed by atoms with E-state index in [0.717, 1.165) is 24.2 Å². The molecule has 0 amide bonds. The van der Waals surface area contributed by atoms with Crippen molar-refractivity contribution in [2.75, 3.05) is 6.61 Å². The van der Waals surface area contributed by atoms with Crippen molar-refractivity contribution in [1.29, 1.82) is 0 Å². The van der Waals surface area contributed by atoms with Crippen LogP contribution in [0.25, 0.3) is 0 Å². The van der Waals surface area contributed by atoms with Crippen LogP contribution in [0.5, 0.6) is 0 Å². The maximum atomic E-state index is 9.46. The smallest absolute Gasteiger partial charge is 0.0903 e. The Kier molecular flexibility index (Phi) is 4.50. The molecule has 4 nitrogen and oxygen atoms in total. The van der Waals surface area contributed by atoms with Gasteiger partial charge >= 0.3 is 0 Å². The fourth-order valence-corrected chi connectivity index (χ4v) is 1.99. The van der Waals surface area contributed by atoms with Crippen molar-refractivity contribution in [2.45, 2.75) is 52.6 Å². The first-order chi connectivity index (χ1) is 7.52. The Morgan fingerprint density at radius 3 is 2.38 bits per heavy atom. The fourth-order valence-electron chi connectivity index (χ4n) is 1.99. The Labute approximate surface area is 97.5 Å². The molecule has 0 fully saturated rings. The molecular weight excluding hydrogens is 202 g/mol. The summed E-state index contributed by atoms with van der Waals surface area (Å²) in [7, 11) is 0. The zero-order valence-electron chi connectivity index (χ0n) is 10.7. The highest BCUT2D eigenvalue weighted by Crippen LogP contribution is 2.19. The van der Waals surface area contributed by atoms with E-state index >= 15 is 0 Å². The molecule has 0 aliphatic heterocycles. The Bertz CT molecular complexity index is 346. The van der Waals surface area contributed by atoms with Crippen LogP contribution in [-0.4, -0.2) is 27.5 Å². The molecule has 0 saturated carbocycles. The number of aromatic nitrogens is 2. The minimum atomic E-state index is -0.104. The number of aryl methyl sites for hydroxylation is 1. The van der Waals surface area contributed by atoms with Crippen LogP contribution >= 0.6 is 0 Å². The number of nitrogens with zero attached hydrogens (tertiary/aromatic N) is 2. The van der Waals surface area contributed by atoms with Crippen LogP contribution < -0.4 is 5.73 Å². The molecule has 92 valence electrons. The summed E-state index contributed by atoms with van der Waals surface area (Å²) in [5, 5.41) is 13.9. The lowest BCUT2D eigenvalue weighted by atomic mass is 10.0. The summed E-state index contributed by atoms with van der Waals surface area (Å²) in [6, 6.07) is -0.139. The first-order valence-electron chi connectivity index (χ1n) is 5.91. The summed E-state index contributed by atoms with van der Waals surface area (Å²) in [5.74, 6) is 0. The molecule has 0 aliphatic carbocycles. The van der Waals surface area contributed by atoms with Gasteiger partial charge in [-0.3, -0.25) is 4.68 Å². The number of nitrogens with two attached hydrogens (primary N) is 1. The van der Waals surface area contributed by atoms with Crippen molar-refractivity contribution < 1.29 is 5.11 Å². The van der Waals surface area contributed by atoms with Gasteiger partial charge in [-0.05, 0) is 32.8 Å². The van der Waals surface area contributed by atoms with E-state index in [-0.39, 0.29) is 18.7 Å². The molecule has 0 saturated heterocycles. The normalized spacial score (nSPS) is 15.1. The molecule has 4 heteroatoms. The highest BCUT2D eigenvalue weighted by molar-refractivity contribution is 5.22. The van der Waals surface area contributed by atoms with E-state index in [4.69, 9.17) is 5.73 Å². The molecule has 1 rings (SSSR count). The molecule has 2 unspecified atom stereocenters. The SMILES string of the molecule is CCCC(N)C(CO)n1nc(C)c(C)c1C. The van der Waals surface area contributed by atoms with Gasteiger partial charge < -0.3 is 10.8 Å². The molecule has 2 atom stereocenters. The monoisotopic (exact) mass is 225 g/mol. The largest absolute Gasteiger partial charge is 0.394 e. The highest BCUT2D eigenvalue weighted by atomic mass is 16.3. The Balaban J connectivity index is 2.99. The summed E-state index contributed by atoms with van der Waals surface area (Å²) in [6.45, 7) is 8.20. The molecule has 0 bridgehead atoms. The maximum Gasteiger partial charge on any atom is 0.0903 e. The molecule has 0 aliphatic rings. The Morgan fingerprint density at radius 2 is 2.00 bits per heavy atom. The number of rotatable bonds is 5. The minimum absolute atomic E-state index is 0.0348. The van der Waals surface area contributed by atoms with Crippen LogP contribution in [0.4, 0.5) is 0 Å². The third kappa shape index (κ3) is 2.44. The van der Waals surface area contributed by atoms with Gasteiger partial charge in [0, 0.05) is 11.7 Å². The zero-order valence-corrected chi connectivity index (χ0v) is 10.7. The second kappa shape index (κ2) is 5.46. The minimum Gasteiger partial charge on any atom is -0.394 e. The fraction of sp³-hybridized carbons (Fsp3) is 0.750. The van der Waals surface area contributed by atoms with Crippen LogP contribution in [0.2, 0.25) is 0 Å². The van der Waals surface area contributed by atoms with Crippen LogP contribution in [-0.2, 0) is 0 Å². The Hall–Kier alpha value is -0.870. The lowest BCUT2D eigenvalue weighted by Gasteiger charge is -2.23. The average molecular weight is 225 g/mol. The summed E-state index contributed by atoms with van der Waals surface area (Å²) in [5.41, 5.74) is 9.37. The molecule has 1 aromatic heterocycles. The molecule has 0 spiro atoms. The van der Waals surface area contributed by atoms with E-state index in [2.05, 4.69) is 12.0 Å². The summed E-state index contributed by atoms with van der Waals surface area (Å²) >= 11 is 0. The number of aliphatic hydroxyl groups excluding tert-OH is 1. The van der Waals surface area contributed by atoms with Gasteiger partial charge in [-0.2, -0.15) is 5.10 Å². The van der Waals surface area contributed by atoms with Crippen LogP contribution in [0.15, 0.2) is 0 Å². The average Bonchev–Trinajstić information content (AvgIpc) is 2.48. The van der Waals surface area contributed by atoms with E-state index < -0.39 is 0 Å². The molecule has 3 N–H and O–H groups in total. The van der Waals surface area contributed by atoms with Gasteiger partial charge in [-0.15, -0.1) is 0 Å². The van der Waals surface area contributed by atoms with Crippen LogP contribution in [0.1, 0.15) is 42.8 Å². The van der Waals surface area contributed by atoms with Gasteiger partial charge in [0.25, 0.3) is 0 Å². The molecule has 1 aromatic rings. The van der Waals surface area contributed by atoms with E-state index in [9.17, 15) is 5.11 Å². The lowest BCUT2D eigenvalue weighted by molar-refractivity contribution is 0.190. The standard InChI is InChI=1S/C12H23N3O/c1-5-6-11(13)12(7-16)15-10(4)8(2)9(3)14-15/h11-12,16H,5-7,13H2,1-4H3. The summed E-state index contributed by atoms with van der Waals surface area (Å²) < 4.78 is 1.88. The Morgan fingerprint density at radius 1 is 1.38 bits per heavy atom. The van der Waals surface area contributed by atoms with Crippen molar-refractivity contribution in [1.82, 2.24) is 9.78 Å². The van der Waals surface area contributed by atoms with E-state index in [1.165, 1.54) is 5.56 Å². The highest BCUT2D eigenvalue weighted by Gasteiger charge is 2.22. The van der Waals surface area contributed by atoms with Crippen LogP contribution in [0.3, 0.4) is 0 Å². The lowest BCUT2D eigenvalue weighted by Crippen LogP contribution is -2.35. The molecule has 0 radical (unpaired) electrons. The molecule has 1 heterocycles. The molecular formula is C12H23N3O. The zero-order chi connectivity index (χ0) is 12.3. The van der Waals surface area contributed by atoms with Crippen molar-refractivity contribution in [3.8, 4) is 0 Å². The van der Waals surface area contributed by atoms with Gasteiger partial charge in [0.15, 0.2) is 0 Å². The van der Waals surface area contributed by atoms with Gasteiger partial charge in [0.2, 0.25) is 0 Å². The second-order valence-electron chi connectivity index (χ2n) is 4.44. The third-order valence-electron chi connectivity index (χ3n) is 3.30. The quantitative estimate of drug-likeness (QED) is 0.797. The number of aliphatic hydroxyl groups is 1.